The van der Waals surface area contributed by atoms with Gasteiger partial charge in [0.2, 0.25) is 0 Å². The van der Waals surface area contributed by atoms with Crippen LogP contribution in [0.15, 0.2) is 12.3 Å². The third-order valence-corrected chi connectivity index (χ3v) is 2.33. The van der Waals surface area contributed by atoms with Crippen LogP contribution >= 0.6 is 0 Å². The second kappa shape index (κ2) is 13.5. The van der Waals surface area contributed by atoms with Gasteiger partial charge in [-0.15, -0.1) is 0 Å². The lowest BCUT2D eigenvalue weighted by Crippen LogP contribution is -2.43. The molecule has 15 heavy (non-hydrogen) atoms. The van der Waals surface area contributed by atoms with Crippen LogP contribution in [0.1, 0.15) is 54.9 Å². The zero-order valence-electron chi connectivity index (χ0n) is 12.0. The summed E-state index contributed by atoms with van der Waals surface area (Å²) in [5.74, 6) is 0. The van der Waals surface area contributed by atoms with E-state index in [-0.39, 0.29) is 12.1 Å². The molecular weight excluding hydrogens is 186 g/mol. The second-order valence-corrected chi connectivity index (χ2v) is 3.10. The summed E-state index contributed by atoms with van der Waals surface area (Å²) in [5.41, 5.74) is -0.105. The second-order valence-electron chi connectivity index (χ2n) is 3.10. The maximum absolute atomic E-state index is 9.11. The van der Waals surface area contributed by atoms with Crippen LogP contribution in [0.3, 0.4) is 0 Å². The molecule has 2 heteroatoms. The SMILES string of the molecule is C/C=C\N(C)C(C)(CC)CO.CC.CC. The summed E-state index contributed by atoms with van der Waals surface area (Å²) in [6.45, 7) is 14.3. The van der Waals surface area contributed by atoms with Crippen LogP contribution in [0.5, 0.6) is 0 Å². The van der Waals surface area contributed by atoms with E-state index in [4.69, 9.17) is 5.11 Å². The molecule has 0 spiro atoms. The van der Waals surface area contributed by atoms with Gasteiger partial charge in [0.05, 0.1) is 12.1 Å². The molecule has 1 unspecified atom stereocenters. The van der Waals surface area contributed by atoms with E-state index in [1.54, 1.807) is 0 Å². The minimum absolute atomic E-state index is 0.105. The summed E-state index contributed by atoms with van der Waals surface area (Å²) >= 11 is 0. The molecule has 1 N–H and O–H groups in total. The molecule has 0 bridgehead atoms. The van der Waals surface area contributed by atoms with Crippen molar-refractivity contribution in [2.24, 2.45) is 0 Å². The summed E-state index contributed by atoms with van der Waals surface area (Å²) in [5, 5.41) is 9.11. The van der Waals surface area contributed by atoms with Crippen molar-refractivity contribution in [1.82, 2.24) is 4.90 Å². The van der Waals surface area contributed by atoms with Gasteiger partial charge >= 0.3 is 0 Å². The van der Waals surface area contributed by atoms with E-state index in [1.165, 1.54) is 0 Å². The van der Waals surface area contributed by atoms with E-state index in [0.29, 0.717) is 0 Å². The van der Waals surface area contributed by atoms with Gasteiger partial charge in [0.1, 0.15) is 0 Å². The number of allylic oxidation sites excluding steroid dienone is 1. The number of hydrogen-bond donors (Lipinski definition) is 1. The first-order valence-electron chi connectivity index (χ1n) is 6.07. The Kier molecular flexibility index (Phi) is 18.0. The van der Waals surface area contributed by atoms with E-state index in [0.717, 1.165) is 6.42 Å². The largest absolute Gasteiger partial charge is 0.394 e. The third kappa shape index (κ3) is 8.49. The highest BCUT2D eigenvalue weighted by Gasteiger charge is 2.23. The molecule has 0 heterocycles. The topological polar surface area (TPSA) is 23.5 Å². The molecule has 0 amide bonds. The first-order chi connectivity index (χ1) is 7.10. The molecule has 1 atom stereocenters. The Hall–Kier alpha value is -0.500. The van der Waals surface area contributed by atoms with Crippen LogP contribution < -0.4 is 0 Å². The van der Waals surface area contributed by atoms with Gasteiger partial charge < -0.3 is 10.0 Å². The number of aliphatic hydroxyl groups is 1. The Morgan fingerprint density at radius 3 is 1.80 bits per heavy atom. The summed E-state index contributed by atoms with van der Waals surface area (Å²) < 4.78 is 0. The Balaban J connectivity index is -0.000000318. The third-order valence-electron chi connectivity index (χ3n) is 2.33. The summed E-state index contributed by atoms with van der Waals surface area (Å²) in [4.78, 5) is 2.05. The van der Waals surface area contributed by atoms with Crippen LogP contribution in [0.25, 0.3) is 0 Å². The molecule has 0 aromatic rings. The summed E-state index contributed by atoms with van der Waals surface area (Å²) in [6, 6.07) is 0. The fraction of sp³-hybridized carbons (Fsp3) is 0.846. The van der Waals surface area contributed by atoms with E-state index in [9.17, 15) is 0 Å². The first kappa shape index (κ1) is 20.0. The van der Waals surface area contributed by atoms with Gasteiger partial charge in [0.15, 0.2) is 0 Å². The van der Waals surface area contributed by atoms with E-state index in [2.05, 4.69) is 6.92 Å². The number of rotatable bonds is 4. The van der Waals surface area contributed by atoms with Crippen molar-refractivity contribution in [2.45, 2.75) is 60.4 Å². The Labute approximate surface area is 97.0 Å². The van der Waals surface area contributed by atoms with Gasteiger partial charge in [0.25, 0.3) is 0 Å². The van der Waals surface area contributed by atoms with Crippen molar-refractivity contribution < 1.29 is 5.11 Å². The normalized spacial score (nSPS) is 13.1. The molecule has 0 aromatic heterocycles. The van der Waals surface area contributed by atoms with Crippen molar-refractivity contribution in [1.29, 1.82) is 0 Å². The zero-order chi connectivity index (χ0) is 12.9. The lowest BCUT2D eigenvalue weighted by Gasteiger charge is -2.35. The molecule has 0 rings (SSSR count). The van der Waals surface area contributed by atoms with Crippen molar-refractivity contribution in [3.05, 3.63) is 12.3 Å². The number of nitrogens with zero attached hydrogens (tertiary/aromatic N) is 1. The number of aliphatic hydroxyl groups excluding tert-OH is 1. The fourth-order valence-corrected chi connectivity index (χ4v) is 0.876. The van der Waals surface area contributed by atoms with Crippen LogP contribution in [-0.4, -0.2) is 29.2 Å². The van der Waals surface area contributed by atoms with Crippen LogP contribution in [0.4, 0.5) is 0 Å². The Morgan fingerprint density at radius 2 is 1.60 bits per heavy atom. The maximum Gasteiger partial charge on any atom is 0.0660 e. The first-order valence-corrected chi connectivity index (χ1v) is 6.07. The molecule has 0 aromatic carbocycles. The predicted molar refractivity (Wildman–Crippen MR) is 71.1 cm³/mol. The van der Waals surface area contributed by atoms with Crippen molar-refractivity contribution in [3.63, 3.8) is 0 Å². The molecule has 2 nitrogen and oxygen atoms in total. The van der Waals surface area contributed by atoms with Crippen LogP contribution in [0.2, 0.25) is 0 Å². The maximum atomic E-state index is 9.11. The Morgan fingerprint density at radius 1 is 1.20 bits per heavy atom. The van der Waals surface area contributed by atoms with E-state index in [1.807, 2.05) is 65.8 Å². The molecule has 0 aliphatic carbocycles. The van der Waals surface area contributed by atoms with Gasteiger partial charge in [-0.2, -0.15) is 0 Å². The molecule has 0 aliphatic rings. The van der Waals surface area contributed by atoms with Crippen LogP contribution in [0, 0.1) is 0 Å². The fourth-order valence-electron chi connectivity index (χ4n) is 0.876. The van der Waals surface area contributed by atoms with Crippen molar-refractivity contribution in [2.75, 3.05) is 13.7 Å². The lowest BCUT2D eigenvalue weighted by molar-refractivity contribution is 0.0955. The molecule has 0 aliphatic heterocycles. The minimum Gasteiger partial charge on any atom is -0.394 e. The highest BCUT2D eigenvalue weighted by molar-refractivity contribution is 4.90. The smallest absolute Gasteiger partial charge is 0.0660 e. The predicted octanol–water partition coefficient (Wildman–Crippen LogP) is 3.67. The standard InChI is InChI=1S/C9H19NO.2C2H6/c1-5-7-10(4)9(3,6-2)8-11;2*1-2/h5,7,11H,6,8H2,1-4H3;2*1-2H3/b7-5-;;. The summed E-state index contributed by atoms with van der Waals surface area (Å²) in [6.07, 6.45) is 4.91. The highest BCUT2D eigenvalue weighted by atomic mass is 16.3. The lowest BCUT2D eigenvalue weighted by atomic mass is 9.99. The van der Waals surface area contributed by atoms with Gasteiger partial charge in [0, 0.05) is 7.05 Å². The molecule has 0 fully saturated rings. The van der Waals surface area contributed by atoms with Crippen LogP contribution in [-0.2, 0) is 0 Å². The van der Waals surface area contributed by atoms with E-state index < -0.39 is 0 Å². The number of likely N-dealkylation sites (N-methyl/N-ethyl adjacent to an activating group) is 1. The van der Waals surface area contributed by atoms with Gasteiger partial charge in [-0.1, -0.05) is 40.7 Å². The average Bonchev–Trinajstić information content (AvgIpc) is 2.33. The number of hydrogen-bond acceptors (Lipinski definition) is 2. The Bertz CT molecular complexity index is 128. The van der Waals surface area contributed by atoms with Crippen molar-refractivity contribution in [3.8, 4) is 0 Å². The van der Waals surface area contributed by atoms with Crippen molar-refractivity contribution >= 4 is 0 Å². The average molecular weight is 217 g/mol. The summed E-state index contributed by atoms with van der Waals surface area (Å²) in [7, 11) is 1.99. The van der Waals surface area contributed by atoms with Gasteiger partial charge in [-0.05, 0) is 26.5 Å². The van der Waals surface area contributed by atoms with Gasteiger partial charge in [-0.25, -0.2) is 0 Å². The minimum atomic E-state index is -0.105. The molecule has 94 valence electrons. The molecule has 0 saturated carbocycles. The molecule has 0 radical (unpaired) electrons. The zero-order valence-corrected chi connectivity index (χ0v) is 12.0. The monoisotopic (exact) mass is 217 g/mol. The quantitative estimate of drug-likeness (QED) is 0.776. The molecule has 0 saturated heterocycles. The van der Waals surface area contributed by atoms with E-state index >= 15 is 0 Å². The highest BCUT2D eigenvalue weighted by Crippen LogP contribution is 2.16. The van der Waals surface area contributed by atoms with Gasteiger partial charge in [-0.3, -0.25) is 0 Å². The molecular formula is C13H31NO.